The molecule has 0 aromatic heterocycles. The van der Waals surface area contributed by atoms with E-state index in [2.05, 4.69) is 25.7 Å². The zero-order chi connectivity index (χ0) is 36.3. The lowest BCUT2D eigenvalue weighted by atomic mass is 9.82. The molecule has 1 aliphatic rings. The summed E-state index contributed by atoms with van der Waals surface area (Å²) in [6.07, 6.45) is 37.1. The van der Waals surface area contributed by atoms with Gasteiger partial charge in [-0.3, -0.25) is 14.5 Å². The maximum Gasteiger partial charge on any atom is 0.306 e. The van der Waals surface area contributed by atoms with E-state index in [9.17, 15) is 14.7 Å². The maximum absolute atomic E-state index is 12.9. The first kappa shape index (κ1) is 46.9. The van der Waals surface area contributed by atoms with Crippen LogP contribution in [0.5, 0.6) is 0 Å². The predicted octanol–water partition coefficient (Wildman–Crippen LogP) is 12.3. The highest BCUT2D eigenvalue weighted by atomic mass is 16.5. The van der Waals surface area contributed by atoms with Crippen LogP contribution in [0.2, 0.25) is 0 Å². The minimum Gasteiger partial charge on any atom is -0.466 e. The Morgan fingerprint density at radius 3 is 1.70 bits per heavy atom. The highest BCUT2D eigenvalue weighted by Crippen LogP contribution is 2.31. The summed E-state index contributed by atoms with van der Waals surface area (Å²) >= 11 is 0. The van der Waals surface area contributed by atoms with Gasteiger partial charge in [0, 0.05) is 25.4 Å². The van der Waals surface area contributed by atoms with Crippen LogP contribution in [0.1, 0.15) is 226 Å². The Labute approximate surface area is 311 Å². The second kappa shape index (κ2) is 34.9. The van der Waals surface area contributed by atoms with Crippen LogP contribution in [0.25, 0.3) is 0 Å². The fourth-order valence-electron chi connectivity index (χ4n) is 7.97. The van der Waals surface area contributed by atoms with Gasteiger partial charge in [0.1, 0.15) is 6.10 Å². The molecule has 1 aliphatic heterocycles. The van der Waals surface area contributed by atoms with Crippen LogP contribution in [-0.4, -0.2) is 60.4 Å². The van der Waals surface area contributed by atoms with Gasteiger partial charge in [-0.05, 0) is 76.7 Å². The monoisotopic (exact) mass is 708 g/mol. The summed E-state index contributed by atoms with van der Waals surface area (Å²) in [5.41, 5.74) is 0. The van der Waals surface area contributed by atoms with Gasteiger partial charge in [0.05, 0.1) is 13.2 Å². The number of β-amino-alcohol motifs (C(OH)–C–C–N with tert-alkyl or cyclic N) is 1. The number of rotatable bonds is 36. The first-order valence-corrected chi connectivity index (χ1v) is 22.3. The molecule has 1 heterocycles. The molecule has 1 fully saturated rings. The van der Waals surface area contributed by atoms with E-state index in [1.165, 1.54) is 128 Å². The van der Waals surface area contributed by atoms with Crippen molar-refractivity contribution in [3.05, 3.63) is 0 Å². The Balaban J connectivity index is 2.37. The van der Waals surface area contributed by atoms with Crippen LogP contribution in [0, 0.1) is 5.92 Å². The number of aliphatic hydroxyl groups is 1. The molecule has 0 aromatic carbocycles. The van der Waals surface area contributed by atoms with Crippen molar-refractivity contribution >= 4 is 11.9 Å². The van der Waals surface area contributed by atoms with Crippen molar-refractivity contribution in [3.63, 3.8) is 0 Å². The number of hydrogen-bond donors (Lipinski definition) is 1. The molecule has 0 spiro atoms. The molecule has 1 saturated heterocycles. The molecular weight excluding hydrogens is 622 g/mol. The number of unbranched alkanes of at least 4 members (excludes halogenated alkanes) is 20. The standard InChI is InChI=1S/C44H85NO5/c1-4-7-10-13-16-17-18-21-27-39-49-43(47)35-34-42-40(30-28-36-45(42)37-38-46)29-23-22-26-33-44(48)50-41(31-24-19-14-11-8-5-2)32-25-20-15-12-9-6-3/h40-42,46H,4-39H2,1-3H3. The van der Waals surface area contributed by atoms with E-state index >= 15 is 0 Å². The molecule has 0 saturated carbocycles. The molecule has 2 atom stereocenters. The number of carbonyl (C=O) groups excluding carboxylic acids is 2. The van der Waals surface area contributed by atoms with Crippen LogP contribution in [-0.2, 0) is 19.1 Å². The van der Waals surface area contributed by atoms with Crippen molar-refractivity contribution in [1.82, 2.24) is 4.90 Å². The van der Waals surface area contributed by atoms with E-state index in [1.54, 1.807) is 0 Å². The normalized spacial score (nSPS) is 16.7. The van der Waals surface area contributed by atoms with Crippen LogP contribution >= 0.6 is 0 Å². The van der Waals surface area contributed by atoms with Gasteiger partial charge in [-0.25, -0.2) is 0 Å². The zero-order valence-electron chi connectivity index (χ0n) is 33.7. The first-order valence-electron chi connectivity index (χ1n) is 22.3. The molecule has 50 heavy (non-hydrogen) atoms. The molecular formula is C44H85NO5. The number of aliphatic hydroxyl groups excluding tert-OH is 1. The van der Waals surface area contributed by atoms with Crippen molar-refractivity contribution < 1.29 is 24.2 Å². The van der Waals surface area contributed by atoms with E-state index < -0.39 is 0 Å². The van der Waals surface area contributed by atoms with Crippen LogP contribution in [0.15, 0.2) is 0 Å². The summed E-state index contributed by atoms with van der Waals surface area (Å²) in [6, 6.07) is 0.325. The van der Waals surface area contributed by atoms with Gasteiger partial charge in [-0.1, -0.05) is 149 Å². The summed E-state index contributed by atoms with van der Waals surface area (Å²) in [6.45, 7) is 9.16. The van der Waals surface area contributed by atoms with Gasteiger partial charge in [0.2, 0.25) is 0 Å². The molecule has 6 heteroatoms. The van der Waals surface area contributed by atoms with Crippen molar-refractivity contribution in [3.8, 4) is 0 Å². The summed E-state index contributed by atoms with van der Waals surface area (Å²) in [4.78, 5) is 27.9. The van der Waals surface area contributed by atoms with E-state index in [4.69, 9.17) is 9.47 Å². The number of likely N-dealkylation sites (tertiary alicyclic amines) is 1. The smallest absolute Gasteiger partial charge is 0.306 e. The predicted molar refractivity (Wildman–Crippen MR) is 212 cm³/mol. The maximum atomic E-state index is 12.9. The number of esters is 2. The summed E-state index contributed by atoms with van der Waals surface area (Å²) < 4.78 is 11.7. The van der Waals surface area contributed by atoms with Gasteiger partial charge in [-0.2, -0.15) is 0 Å². The topological polar surface area (TPSA) is 76.1 Å². The number of carbonyl (C=O) groups is 2. The van der Waals surface area contributed by atoms with Gasteiger partial charge in [-0.15, -0.1) is 0 Å². The zero-order valence-corrected chi connectivity index (χ0v) is 33.7. The van der Waals surface area contributed by atoms with Crippen LogP contribution in [0.3, 0.4) is 0 Å². The average molecular weight is 708 g/mol. The van der Waals surface area contributed by atoms with E-state index in [0.717, 1.165) is 70.8 Å². The van der Waals surface area contributed by atoms with E-state index in [1.807, 2.05) is 0 Å². The molecule has 0 bridgehead atoms. The fraction of sp³-hybridized carbons (Fsp3) is 0.955. The lowest BCUT2D eigenvalue weighted by Gasteiger charge is -2.41. The van der Waals surface area contributed by atoms with Crippen molar-refractivity contribution in [2.45, 2.75) is 238 Å². The van der Waals surface area contributed by atoms with E-state index in [-0.39, 0.29) is 24.6 Å². The third-order valence-corrected chi connectivity index (χ3v) is 11.1. The number of nitrogens with zero attached hydrogens (tertiary/aromatic N) is 1. The SMILES string of the molecule is CCCCCCCCCCCOC(=O)CCC1C(CCCCCC(=O)OC(CCCCCCCC)CCCCCCCC)CCCN1CCO. The van der Waals surface area contributed by atoms with Crippen LogP contribution < -0.4 is 0 Å². The molecule has 296 valence electrons. The number of piperidine rings is 1. The third kappa shape index (κ3) is 26.6. The third-order valence-electron chi connectivity index (χ3n) is 11.1. The second-order valence-corrected chi connectivity index (χ2v) is 15.6. The highest BCUT2D eigenvalue weighted by Gasteiger charge is 2.31. The largest absolute Gasteiger partial charge is 0.466 e. The number of ether oxygens (including phenoxy) is 2. The molecule has 2 unspecified atom stereocenters. The summed E-state index contributed by atoms with van der Waals surface area (Å²) in [5, 5.41) is 9.72. The molecule has 0 amide bonds. The molecule has 1 N–H and O–H groups in total. The average Bonchev–Trinajstić information content (AvgIpc) is 3.11. The Hall–Kier alpha value is -1.14. The minimum atomic E-state index is -0.0670. The summed E-state index contributed by atoms with van der Waals surface area (Å²) in [5.74, 6) is 0.464. The van der Waals surface area contributed by atoms with Crippen molar-refractivity contribution in [1.29, 1.82) is 0 Å². The lowest BCUT2D eigenvalue weighted by molar-refractivity contribution is -0.150. The van der Waals surface area contributed by atoms with Gasteiger partial charge in [0.15, 0.2) is 0 Å². The Morgan fingerprint density at radius 1 is 0.620 bits per heavy atom. The van der Waals surface area contributed by atoms with Gasteiger partial charge < -0.3 is 14.6 Å². The quantitative estimate of drug-likeness (QED) is 0.0516. The molecule has 0 radical (unpaired) electrons. The molecule has 0 aliphatic carbocycles. The van der Waals surface area contributed by atoms with Crippen molar-refractivity contribution in [2.24, 2.45) is 5.92 Å². The van der Waals surface area contributed by atoms with Crippen molar-refractivity contribution in [2.75, 3.05) is 26.3 Å². The highest BCUT2D eigenvalue weighted by molar-refractivity contribution is 5.69. The Kier molecular flexibility index (Phi) is 32.7. The summed E-state index contributed by atoms with van der Waals surface area (Å²) in [7, 11) is 0. The molecule has 1 rings (SSSR count). The van der Waals surface area contributed by atoms with Gasteiger partial charge >= 0.3 is 11.9 Å². The minimum absolute atomic E-state index is 0.00227. The molecule has 0 aromatic rings. The van der Waals surface area contributed by atoms with Crippen LogP contribution in [0.4, 0.5) is 0 Å². The first-order chi connectivity index (χ1) is 24.5. The van der Waals surface area contributed by atoms with Gasteiger partial charge in [0.25, 0.3) is 0 Å². The lowest BCUT2D eigenvalue weighted by Crippen LogP contribution is -2.46. The Bertz CT molecular complexity index is 743. The number of hydrogen-bond acceptors (Lipinski definition) is 6. The Morgan fingerprint density at radius 2 is 1.14 bits per heavy atom. The van der Waals surface area contributed by atoms with E-state index in [0.29, 0.717) is 38.0 Å². The second-order valence-electron chi connectivity index (χ2n) is 15.6. The molecule has 6 nitrogen and oxygen atoms in total. The fourth-order valence-corrected chi connectivity index (χ4v) is 7.97.